The highest BCUT2D eigenvalue weighted by Gasteiger charge is 2.51. The van der Waals surface area contributed by atoms with Crippen LogP contribution in [0.2, 0.25) is 0 Å². The first kappa shape index (κ1) is 48.1. The number of carbonyl (C=O) groups is 1. The Labute approximate surface area is 401 Å². The number of fused-ring (bicyclic) bond motifs is 1. The zero-order valence-corrected chi connectivity index (χ0v) is 40.5. The molecule has 5 aromatic rings. The number of aromatic amines is 1. The summed E-state index contributed by atoms with van der Waals surface area (Å²) < 4.78 is 62.5. The van der Waals surface area contributed by atoms with Crippen LogP contribution in [0, 0.1) is 27.3 Å². The smallest absolute Gasteiger partial charge is 0.312 e. The number of sulfonamides is 1. The molecule has 4 aliphatic rings. The standard InChI is InChI=1S/C50H61FN8O9S/c1-30(2)36-8-6-7-9-37(36)42-29-67-28-31(3)58(42)34-23-50(24-34)16-18-57(19-17-50)33-10-11-38(43(20-33)68-44-22-39-40(51)27-54-45(39)55-48(44)66-5)47(60)56-69(64,65)35-21-41(59(62)63)46(53-26-35)52-25-32-12-14-49(4,61)15-13-32/h6-11,20-22,26-27,30-32,34,42,61H,12-19,23-25,28-29H2,1-5H3,(H,52,53)(H,54,55)(H,56,60)/t31-,32?,42-,49?/m0/s1. The maximum atomic E-state index is 14.8. The summed E-state index contributed by atoms with van der Waals surface area (Å²) in [5.41, 5.74) is 2.31. The lowest BCUT2D eigenvalue weighted by Gasteiger charge is -2.59. The van der Waals surface area contributed by atoms with Crippen LogP contribution in [0.25, 0.3) is 11.0 Å². The number of hydrogen-bond acceptors (Lipinski definition) is 14. The molecule has 2 aromatic carbocycles. The number of aromatic nitrogens is 3. The number of rotatable bonds is 14. The summed E-state index contributed by atoms with van der Waals surface area (Å²) in [5, 5.41) is 25.6. The average molecular weight is 969 g/mol. The van der Waals surface area contributed by atoms with Crippen LogP contribution in [-0.2, 0) is 14.8 Å². The van der Waals surface area contributed by atoms with Crippen molar-refractivity contribution in [3.63, 3.8) is 0 Å². The second-order valence-electron chi connectivity index (χ2n) is 20.0. The molecule has 0 bridgehead atoms. The minimum Gasteiger partial charge on any atom is -0.478 e. The maximum Gasteiger partial charge on any atom is 0.312 e. The van der Waals surface area contributed by atoms with Gasteiger partial charge in [-0.1, -0.05) is 38.1 Å². The third kappa shape index (κ3) is 9.96. The first-order chi connectivity index (χ1) is 32.9. The van der Waals surface area contributed by atoms with Crippen molar-refractivity contribution in [2.45, 2.75) is 114 Å². The summed E-state index contributed by atoms with van der Waals surface area (Å²) in [6.07, 6.45) is 8.78. The van der Waals surface area contributed by atoms with Crippen molar-refractivity contribution in [3.8, 4) is 17.4 Å². The number of morpholine rings is 1. The fourth-order valence-corrected chi connectivity index (χ4v) is 11.9. The van der Waals surface area contributed by atoms with Crippen LogP contribution in [0.5, 0.6) is 17.4 Å². The second kappa shape index (κ2) is 19.1. The number of nitrogens with one attached hydrogen (secondary N) is 3. The summed E-state index contributed by atoms with van der Waals surface area (Å²) in [6.45, 7) is 11.7. The van der Waals surface area contributed by atoms with Crippen molar-refractivity contribution in [2.24, 2.45) is 11.3 Å². The minimum absolute atomic E-state index is 0.0138. The minimum atomic E-state index is -4.73. The van der Waals surface area contributed by atoms with Crippen LogP contribution in [0.15, 0.2) is 71.9 Å². The van der Waals surface area contributed by atoms with Gasteiger partial charge in [-0.3, -0.25) is 19.8 Å². The SMILES string of the molecule is COc1nc2[nH]cc(F)c2cc1Oc1cc(N2CCC3(CC2)CC(N2[C@@H](C)COC[C@H]2c2ccccc2C(C)C)C3)ccc1C(=O)NS(=O)(=O)c1cnc(NCC2CCC(C)(O)CC2)c([N+](=O)[O-])c1. The molecular weight excluding hydrogens is 908 g/mol. The summed E-state index contributed by atoms with van der Waals surface area (Å²) in [4.78, 5) is 41.1. The van der Waals surface area contributed by atoms with E-state index in [4.69, 9.17) is 14.2 Å². The first-order valence-corrected chi connectivity index (χ1v) is 25.3. The maximum absolute atomic E-state index is 14.8. The molecular formula is C50H61FN8O9S. The van der Waals surface area contributed by atoms with Gasteiger partial charge in [0.15, 0.2) is 5.75 Å². The number of benzene rings is 2. The van der Waals surface area contributed by atoms with Gasteiger partial charge in [-0.15, -0.1) is 0 Å². The van der Waals surface area contributed by atoms with Crippen LogP contribution < -0.4 is 24.4 Å². The first-order valence-electron chi connectivity index (χ1n) is 23.8. The summed E-state index contributed by atoms with van der Waals surface area (Å²) in [6, 6.07) is 16.7. The van der Waals surface area contributed by atoms with Crippen LogP contribution >= 0.6 is 0 Å². The molecule has 2 aliphatic heterocycles. The van der Waals surface area contributed by atoms with Crippen molar-refractivity contribution >= 4 is 44.2 Å². The Bertz CT molecular complexity index is 2830. The Balaban J connectivity index is 0.934. The van der Waals surface area contributed by atoms with E-state index in [1.807, 2.05) is 4.72 Å². The zero-order valence-electron chi connectivity index (χ0n) is 39.7. The van der Waals surface area contributed by atoms with Crippen LogP contribution in [-0.4, -0.2) is 102 Å². The second-order valence-corrected chi connectivity index (χ2v) is 21.7. The Morgan fingerprint density at radius 2 is 1.81 bits per heavy atom. The molecule has 4 fully saturated rings. The predicted octanol–water partition coefficient (Wildman–Crippen LogP) is 8.61. The van der Waals surface area contributed by atoms with E-state index < -0.39 is 42.9 Å². The molecule has 2 aliphatic carbocycles. The molecule has 2 saturated carbocycles. The number of H-pyrrole nitrogens is 1. The number of methoxy groups -OCH3 is 1. The average Bonchev–Trinajstić information content (AvgIpc) is 3.68. The number of nitrogens with zero attached hydrogens (tertiary/aromatic N) is 5. The third-order valence-corrected chi connectivity index (χ3v) is 16.2. The van der Waals surface area contributed by atoms with E-state index >= 15 is 0 Å². The molecule has 0 radical (unpaired) electrons. The number of pyridine rings is 2. The van der Waals surface area contributed by atoms with E-state index in [1.165, 1.54) is 30.4 Å². The number of aliphatic hydroxyl groups is 1. The topological polar surface area (TPSA) is 214 Å². The van der Waals surface area contributed by atoms with Gasteiger partial charge in [-0.05, 0) is 106 Å². The van der Waals surface area contributed by atoms with E-state index in [1.54, 1.807) is 19.1 Å². The van der Waals surface area contributed by atoms with E-state index in [-0.39, 0.29) is 63.2 Å². The van der Waals surface area contributed by atoms with E-state index in [2.05, 4.69) is 75.1 Å². The molecule has 1 amide bonds. The molecule has 9 rings (SSSR count). The molecule has 2 atom stereocenters. The summed E-state index contributed by atoms with van der Waals surface area (Å²) >= 11 is 0. The highest BCUT2D eigenvalue weighted by molar-refractivity contribution is 7.90. The number of piperidine rings is 1. The number of halogens is 1. The van der Waals surface area contributed by atoms with Crippen molar-refractivity contribution in [1.29, 1.82) is 0 Å². The monoisotopic (exact) mass is 968 g/mol. The van der Waals surface area contributed by atoms with Crippen molar-refractivity contribution in [3.05, 3.63) is 99.6 Å². The van der Waals surface area contributed by atoms with E-state index in [0.29, 0.717) is 57.4 Å². The third-order valence-electron chi connectivity index (χ3n) is 14.9. The quantitative estimate of drug-likeness (QED) is 0.0606. The highest BCUT2D eigenvalue weighted by Crippen LogP contribution is 2.54. The molecule has 17 nitrogen and oxygen atoms in total. The summed E-state index contributed by atoms with van der Waals surface area (Å²) in [7, 11) is -3.36. The fourth-order valence-electron chi connectivity index (χ4n) is 11.0. The van der Waals surface area contributed by atoms with Gasteiger partial charge < -0.3 is 34.5 Å². The molecule has 5 heterocycles. The number of carbonyl (C=O) groups excluding carboxylic acids is 1. The molecule has 69 heavy (non-hydrogen) atoms. The van der Waals surface area contributed by atoms with Gasteiger partial charge >= 0.3 is 5.69 Å². The predicted molar refractivity (Wildman–Crippen MR) is 258 cm³/mol. The van der Waals surface area contributed by atoms with Crippen molar-refractivity contribution in [1.82, 2.24) is 24.6 Å². The van der Waals surface area contributed by atoms with Gasteiger partial charge in [-0.25, -0.2) is 22.5 Å². The van der Waals surface area contributed by atoms with Crippen LogP contribution in [0.1, 0.15) is 113 Å². The van der Waals surface area contributed by atoms with Gasteiger partial charge in [0, 0.05) is 61.8 Å². The molecule has 3 aromatic heterocycles. The molecule has 4 N–H and O–H groups in total. The van der Waals surface area contributed by atoms with Gasteiger partial charge in [-0.2, -0.15) is 4.98 Å². The van der Waals surface area contributed by atoms with Gasteiger partial charge in [0.05, 0.1) is 54.0 Å². The Morgan fingerprint density at radius 3 is 2.52 bits per heavy atom. The number of ether oxygens (including phenoxy) is 3. The Hall–Kier alpha value is -5.89. The largest absolute Gasteiger partial charge is 0.478 e. The zero-order chi connectivity index (χ0) is 48.8. The van der Waals surface area contributed by atoms with E-state index in [9.17, 15) is 32.8 Å². The van der Waals surface area contributed by atoms with Crippen LogP contribution in [0.3, 0.4) is 0 Å². The lowest BCUT2D eigenvalue weighted by atomic mass is 9.59. The molecule has 1 spiro atoms. The van der Waals surface area contributed by atoms with Crippen molar-refractivity contribution in [2.75, 3.05) is 50.2 Å². The Kier molecular flexibility index (Phi) is 13.3. The van der Waals surface area contributed by atoms with Gasteiger partial charge in [0.2, 0.25) is 5.82 Å². The number of hydrogen-bond donors (Lipinski definition) is 4. The van der Waals surface area contributed by atoms with Crippen molar-refractivity contribution < 1.29 is 41.8 Å². The molecule has 0 unspecified atom stereocenters. The fraction of sp³-hybridized carbons (Fsp3) is 0.500. The van der Waals surface area contributed by atoms with Gasteiger partial charge in [0.25, 0.3) is 21.8 Å². The van der Waals surface area contributed by atoms with Gasteiger partial charge in [0.1, 0.15) is 22.1 Å². The summed E-state index contributed by atoms with van der Waals surface area (Å²) in [5.74, 6) is -1.34. The van der Waals surface area contributed by atoms with E-state index in [0.717, 1.165) is 62.9 Å². The lowest BCUT2D eigenvalue weighted by molar-refractivity contribution is -0.384. The normalized spacial score (nSPS) is 23.2. The lowest BCUT2D eigenvalue weighted by Crippen LogP contribution is -2.60. The molecule has 19 heteroatoms. The number of anilines is 2. The molecule has 2 saturated heterocycles. The number of nitro groups is 1. The molecule has 368 valence electrons. The highest BCUT2D eigenvalue weighted by atomic mass is 32.2. The number of amides is 1. The van der Waals surface area contributed by atoms with Crippen LogP contribution in [0.4, 0.5) is 21.6 Å². The Morgan fingerprint density at radius 1 is 1.07 bits per heavy atom.